The third-order valence-electron chi connectivity index (χ3n) is 4.26. The zero-order valence-corrected chi connectivity index (χ0v) is 13.9. The molecule has 0 amide bonds. The maximum atomic E-state index is 14.0. The maximum absolute atomic E-state index is 14.0. The average molecular weight is 338 g/mol. The molecule has 1 aromatic carbocycles. The van der Waals surface area contributed by atoms with Crippen LogP contribution in [0, 0.1) is 12.7 Å². The van der Waals surface area contributed by atoms with E-state index in [1.54, 1.807) is 0 Å². The quantitative estimate of drug-likeness (QED) is 0.859. The van der Waals surface area contributed by atoms with Gasteiger partial charge in [0.15, 0.2) is 0 Å². The Balaban J connectivity index is 2.05. The molecule has 2 aromatic rings. The van der Waals surface area contributed by atoms with Crippen molar-refractivity contribution in [1.82, 2.24) is 9.46 Å². The Morgan fingerprint density at radius 3 is 2.83 bits per heavy atom. The standard InChI is InChI=1S/C16H19FN2O3S/c1-3-14-16(11(2)18-22-14)13-8-6-10-19(13)23(20,21)15-9-5-4-7-12(15)17/h4-5,7,9,13H,3,6,8,10H2,1-2H3/t13-/m1/s1. The molecule has 1 aromatic heterocycles. The van der Waals surface area contributed by atoms with Crippen molar-refractivity contribution in [2.45, 2.75) is 44.0 Å². The van der Waals surface area contributed by atoms with Gasteiger partial charge in [0.2, 0.25) is 10.0 Å². The first-order chi connectivity index (χ1) is 11.0. The van der Waals surface area contributed by atoms with Crippen molar-refractivity contribution in [3.8, 4) is 0 Å². The molecule has 1 atom stereocenters. The molecule has 1 aliphatic heterocycles. The van der Waals surface area contributed by atoms with Gasteiger partial charge in [0.1, 0.15) is 16.5 Å². The Labute approximate surface area is 135 Å². The lowest BCUT2D eigenvalue weighted by Crippen LogP contribution is -2.31. The van der Waals surface area contributed by atoms with Gasteiger partial charge in [-0.3, -0.25) is 0 Å². The predicted molar refractivity (Wildman–Crippen MR) is 82.9 cm³/mol. The number of sulfonamides is 1. The van der Waals surface area contributed by atoms with E-state index in [1.165, 1.54) is 28.6 Å². The van der Waals surface area contributed by atoms with Crippen molar-refractivity contribution >= 4 is 10.0 Å². The van der Waals surface area contributed by atoms with E-state index in [1.807, 2.05) is 13.8 Å². The lowest BCUT2D eigenvalue weighted by molar-refractivity contribution is 0.367. The summed E-state index contributed by atoms with van der Waals surface area (Å²) in [4.78, 5) is -0.279. The van der Waals surface area contributed by atoms with Gasteiger partial charge in [-0.15, -0.1) is 0 Å². The minimum Gasteiger partial charge on any atom is -0.361 e. The van der Waals surface area contributed by atoms with Crippen LogP contribution in [0.4, 0.5) is 4.39 Å². The molecule has 23 heavy (non-hydrogen) atoms. The fourth-order valence-corrected chi connectivity index (χ4v) is 4.94. The molecule has 0 spiro atoms. The molecule has 5 nitrogen and oxygen atoms in total. The Kier molecular flexibility index (Phi) is 4.25. The van der Waals surface area contributed by atoms with E-state index in [9.17, 15) is 12.8 Å². The predicted octanol–water partition coefficient (Wildman–Crippen LogP) is 3.21. The summed E-state index contributed by atoms with van der Waals surface area (Å²) >= 11 is 0. The number of hydrogen-bond donors (Lipinski definition) is 0. The Bertz CT molecular complexity index is 816. The van der Waals surface area contributed by atoms with Crippen LogP contribution >= 0.6 is 0 Å². The Morgan fingerprint density at radius 2 is 2.13 bits per heavy atom. The summed E-state index contributed by atoms with van der Waals surface area (Å²) in [5.74, 6) is -0.0287. The van der Waals surface area contributed by atoms with Crippen LogP contribution in [0.3, 0.4) is 0 Å². The maximum Gasteiger partial charge on any atom is 0.246 e. The van der Waals surface area contributed by atoms with Gasteiger partial charge >= 0.3 is 0 Å². The number of benzene rings is 1. The zero-order chi connectivity index (χ0) is 16.6. The Morgan fingerprint density at radius 1 is 1.39 bits per heavy atom. The van der Waals surface area contributed by atoms with Gasteiger partial charge in [0.25, 0.3) is 0 Å². The molecule has 0 saturated carbocycles. The fraction of sp³-hybridized carbons (Fsp3) is 0.438. The van der Waals surface area contributed by atoms with E-state index >= 15 is 0 Å². The highest BCUT2D eigenvalue weighted by Crippen LogP contribution is 2.39. The van der Waals surface area contributed by atoms with Gasteiger partial charge in [-0.1, -0.05) is 24.2 Å². The van der Waals surface area contributed by atoms with Crippen LogP contribution < -0.4 is 0 Å². The molecule has 0 radical (unpaired) electrons. The summed E-state index contributed by atoms with van der Waals surface area (Å²) in [5.41, 5.74) is 1.52. The first-order valence-corrected chi connectivity index (χ1v) is 9.12. The van der Waals surface area contributed by atoms with Crippen LogP contribution in [0.15, 0.2) is 33.7 Å². The normalized spacial score (nSPS) is 19.3. The van der Waals surface area contributed by atoms with Crippen LogP contribution in [0.5, 0.6) is 0 Å². The number of rotatable bonds is 4. The van der Waals surface area contributed by atoms with E-state index in [0.29, 0.717) is 30.8 Å². The number of aryl methyl sites for hydroxylation is 2. The smallest absolute Gasteiger partial charge is 0.246 e. The summed E-state index contributed by atoms with van der Waals surface area (Å²) in [6, 6.07) is 5.14. The van der Waals surface area contributed by atoms with E-state index < -0.39 is 15.8 Å². The third-order valence-corrected chi connectivity index (χ3v) is 6.21. The first kappa shape index (κ1) is 16.1. The molecule has 0 unspecified atom stereocenters. The fourth-order valence-electron chi connectivity index (χ4n) is 3.20. The van der Waals surface area contributed by atoms with Gasteiger partial charge in [0, 0.05) is 18.5 Å². The molecule has 7 heteroatoms. The lowest BCUT2D eigenvalue weighted by atomic mass is 10.0. The van der Waals surface area contributed by atoms with Gasteiger partial charge in [-0.2, -0.15) is 4.31 Å². The molecule has 1 saturated heterocycles. The number of nitrogens with zero attached hydrogens (tertiary/aromatic N) is 2. The van der Waals surface area contributed by atoms with Crippen molar-refractivity contribution in [3.63, 3.8) is 0 Å². The molecule has 0 aliphatic carbocycles. The molecule has 0 bridgehead atoms. The van der Waals surface area contributed by atoms with E-state index in [4.69, 9.17) is 4.52 Å². The summed E-state index contributed by atoms with van der Waals surface area (Å²) in [6.45, 7) is 4.12. The van der Waals surface area contributed by atoms with Gasteiger partial charge in [0.05, 0.1) is 11.7 Å². The first-order valence-electron chi connectivity index (χ1n) is 7.68. The summed E-state index contributed by atoms with van der Waals surface area (Å²) in [6.07, 6.45) is 2.05. The van der Waals surface area contributed by atoms with Crippen LogP contribution in [0.1, 0.15) is 42.8 Å². The van der Waals surface area contributed by atoms with Crippen molar-refractivity contribution in [1.29, 1.82) is 0 Å². The monoisotopic (exact) mass is 338 g/mol. The minimum absolute atomic E-state index is 0.279. The van der Waals surface area contributed by atoms with Crippen molar-refractivity contribution in [2.24, 2.45) is 0 Å². The molecule has 3 rings (SSSR count). The zero-order valence-electron chi connectivity index (χ0n) is 13.1. The van der Waals surface area contributed by atoms with Gasteiger partial charge < -0.3 is 4.52 Å². The number of aromatic nitrogens is 1. The van der Waals surface area contributed by atoms with Crippen LogP contribution in [0.2, 0.25) is 0 Å². The second-order valence-electron chi connectivity index (χ2n) is 5.66. The second kappa shape index (κ2) is 6.05. The highest BCUT2D eigenvalue weighted by atomic mass is 32.2. The van der Waals surface area contributed by atoms with Crippen molar-refractivity contribution < 1.29 is 17.3 Å². The molecule has 0 N–H and O–H groups in total. The van der Waals surface area contributed by atoms with Crippen molar-refractivity contribution in [2.75, 3.05) is 6.54 Å². The highest BCUT2D eigenvalue weighted by molar-refractivity contribution is 7.89. The Hall–Kier alpha value is -1.73. The number of halogens is 1. The second-order valence-corrected chi connectivity index (χ2v) is 7.52. The highest BCUT2D eigenvalue weighted by Gasteiger charge is 2.40. The summed E-state index contributed by atoms with van der Waals surface area (Å²) < 4.78 is 46.5. The molecular weight excluding hydrogens is 319 g/mol. The largest absolute Gasteiger partial charge is 0.361 e. The van der Waals surface area contributed by atoms with E-state index in [0.717, 1.165) is 12.0 Å². The topological polar surface area (TPSA) is 63.4 Å². The van der Waals surface area contributed by atoms with Gasteiger partial charge in [-0.05, 0) is 31.9 Å². The van der Waals surface area contributed by atoms with Crippen LogP contribution in [0.25, 0.3) is 0 Å². The lowest BCUT2D eigenvalue weighted by Gasteiger charge is -2.24. The third kappa shape index (κ3) is 2.68. The molecule has 1 fully saturated rings. The minimum atomic E-state index is -3.90. The summed E-state index contributed by atoms with van der Waals surface area (Å²) in [5, 5.41) is 3.97. The average Bonchev–Trinajstić information content (AvgIpc) is 3.13. The number of hydrogen-bond acceptors (Lipinski definition) is 4. The van der Waals surface area contributed by atoms with Crippen LogP contribution in [-0.4, -0.2) is 24.4 Å². The van der Waals surface area contributed by atoms with Crippen molar-refractivity contribution in [3.05, 3.63) is 47.1 Å². The molecule has 1 aliphatic rings. The SMILES string of the molecule is CCc1onc(C)c1[C@H]1CCCN1S(=O)(=O)c1ccccc1F. The molecule has 2 heterocycles. The summed E-state index contributed by atoms with van der Waals surface area (Å²) in [7, 11) is -3.90. The van der Waals surface area contributed by atoms with Gasteiger partial charge in [-0.25, -0.2) is 12.8 Å². The molecule has 124 valence electrons. The van der Waals surface area contributed by atoms with E-state index in [-0.39, 0.29) is 10.9 Å². The van der Waals surface area contributed by atoms with Crippen LogP contribution in [-0.2, 0) is 16.4 Å². The van der Waals surface area contributed by atoms with E-state index in [2.05, 4.69) is 5.16 Å². The molecular formula is C16H19FN2O3S.